The zero-order valence-electron chi connectivity index (χ0n) is 14.5. The molecule has 0 unspecified atom stereocenters. The van der Waals surface area contributed by atoms with Gasteiger partial charge < -0.3 is 14.4 Å². The molecule has 25 heavy (non-hydrogen) atoms. The van der Waals surface area contributed by atoms with E-state index in [1.165, 1.54) is 11.3 Å². The molecule has 4 rings (SSSR count). The summed E-state index contributed by atoms with van der Waals surface area (Å²) in [5.41, 5.74) is 3.04. The lowest BCUT2D eigenvalue weighted by molar-refractivity contribution is 0.0671. The number of fused-ring (bicyclic) bond motifs is 1. The molecule has 1 saturated heterocycles. The maximum atomic E-state index is 12.9. The van der Waals surface area contributed by atoms with Crippen molar-refractivity contribution in [2.24, 2.45) is 5.92 Å². The Morgan fingerprint density at radius 1 is 1.32 bits per heavy atom. The quantitative estimate of drug-likeness (QED) is 0.932. The summed E-state index contributed by atoms with van der Waals surface area (Å²) in [7, 11) is 0. The lowest BCUT2D eigenvalue weighted by atomic mass is 9.92. The molecule has 2 aromatic rings. The van der Waals surface area contributed by atoms with Gasteiger partial charge in [-0.2, -0.15) is 5.10 Å². The van der Waals surface area contributed by atoms with E-state index in [4.69, 9.17) is 9.47 Å². The van der Waals surface area contributed by atoms with Crippen LogP contribution in [0, 0.1) is 12.8 Å². The van der Waals surface area contributed by atoms with Gasteiger partial charge in [-0.15, -0.1) is 0 Å². The Morgan fingerprint density at radius 2 is 2.16 bits per heavy atom. The fraction of sp³-hybridized carbons (Fsp3) is 0.474. The Hall–Kier alpha value is -2.50. The highest BCUT2D eigenvalue weighted by atomic mass is 16.6. The molecular weight excluding hydrogens is 318 g/mol. The van der Waals surface area contributed by atoms with Crippen molar-refractivity contribution in [3.8, 4) is 11.5 Å². The average Bonchev–Trinajstić information content (AvgIpc) is 3.05. The number of aryl methyl sites for hydroxylation is 1. The summed E-state index contributed by atoms with van der Waals surface area (Å²) in [6, 6.07) is 5.47. The van der Waals surface area contributed by atoms with Crippen molar-refractivity contribution in [1.82, 2.24) is 15.1 Å². The maximum Gasteiger partial charge on any atom is 0.254 e. The van der Waals surface area contributed by atoms with E-state index >= 15 is 0 Å². The second-order valence-corrected chi connectivity index (χ2v) is 6.85. The van der Waals surface area contributed by atoms with Crippen LogP contribution < -0.4 is 9.47 Å². The Labute approximate surface area is 147 Å². The van der Waals surface area contributed by atoms with Crippen LogP contribution in [0.25, 0.3) is 0 Å². The molecule has 0 spiro atoms. The molecule has 1 aromatic carbocycles. The molecule has 0 aliphatic carbocycles. The summed E-state index contributed by atoms with van der Waals surface area (Å²) in [5, 5.41) is 7.18. The zero-order chi connectivity index (χ0) is 17.2. The average molecular weight is 341 g/mol. The largest absolute Gasteiger partial charge is 0.486 e. The standard InChI is InChI=1S/C19H23N3O3/c1-13-11-20-21-16(13)9-14-3-2-6-22(12-14)19(23)15-4-5-17-18(10-15)25-8-7-24-17/h4-5,10-11,14H,2-3,6-9,12H2,1H3,(H,20,21)/t14-/m0/s1. The Morgan fingerprint density at radius 3 is 2.96 bits per heavy atom. The van der Waals surface area contributed by atoms with Crippen LogP contribution >= 0.6 is 0 Å². The molecule has 6 nitrogen and oxygen atoms in total. The third kappa shape index (κ3) is 3.34. The molecule has 1 amide bonds. The monoisotopic (exact) mass is 341 g/mol. The molecule has 1 atom stereocenters. The molecule has 0 bridgehead atoms. The number of H-pyrrole nitrogens is 1. The van der Waals surface area contributed by atoms with Crippen LogP contribution in [0.1, 0.15) is 34.5 Å². The van der Waals surface area contributed by atoms with E-state index in [0.717, 1.165) is 32.4 Å². The second kappa shape index (κ2) is 6.78. The number of carbonyl (C=O) groups is 1. The van der Waals surface area contributed by atoms with Gasteiger partial charge in [-0.05, 0) is 55.9 Å². The Balaban J connectivity index is 1.45. The fourth-order valence-corrected chi connectivity index (χ4v) is 3.64. The van der Waals surface area contributed by atoms with Crippen molar-refractivity contribution in [2.75, 3.05) is 26.3 Å². The lowest BCUT2D eigenvalue weighted by Gasteiger charge is -2.33. The SMILES string of the molecule is Cc1cn[nH]c1C[C@@H]1CCCN(C(=O)c2ccc3c(c2)OCCO3)C1. The minimum atomic E-state index is 0.0722. The smallest absolute Gasteiger partial charge is 0.254 e. The number of likely N-dealkylation sites (tertiary alicyclic amines) is 1. The van der Waals surface area contributed by atoms with Crippen molar-refractivity contribution in [2.45, 2.75) is 26.2 Å². The number of benzene rings is 1. The molecule has 0 saturated carbocycles. The first kappa shape index (κ1) is 16.0. The van der Waals surface area contributed by atoms with Crippen LogP contribution in [0.3, 0.4) is 0 Å². The number of hydrogen-bond acceptors (Lipinski definition) is 4. The molecule has 132 valence electrons. The number of aromatic amines is 1. The van der Waals surface area contributed by atoms with Crippen molar-refractivity contribution in [3.05, 3.63) is 41.2 Å². The van der Waals surface area contributed by atoms with Gasteiger partial charge >= 0.3 is 0 Å². The van der Waals surface area contributed by atoms with Gasteiger partial charge in [0.1, 0.15) is 13.2 Å². The molecule has 2 aliphatic rings. The summed E-state index contributed by atoms with van der Waals surface area (Å²) >= 11 is 0. The van der Waals surface area contributed by atoms with Crippen molar-refractivity contribution < 1.29 is 14.3 Å². The molecule has 1 N–H and O–H groups in total. The normalized spacial score (nSPS) is 19.7. The van der Waals surface area contributed by atoms with Gasteiger partial charge in [-0.1, -0.05) is 0 Å². The number of nitrogens with one attached hydrogen (secondary N) is 1. The number of rotatable bonds is 3. The number of aromatic nitrogens is 2. The first-order valence-corrected chi connectivity index (χ1v) is 8.88. The van der Waals surface area contributed by atoms with Gasteiger partial charge in [-0.3, -0.25) is 9.89 Å². The van der Waals surface area contributed by atoms with Crippen LogP contribution in [0.4, 0.5) is 0 Å². The van der Waals surface area contributed by atoms with Gasteiger partial charge in [0.25, 0.3) is 5.91 Å². The minimum Gasteiger partial charge on any atom is -0.486 e. The minimum absolute atomic E-state index is 0.0722. The predicted octanol–water partition coefficient (Wildman–Crippen LogP) is 2.58. The second-order valence-electron chi connectivity index (χ2n) is 6.85. The molecule has 1 aromatic heterocycles. The van der Waals surface area contributed by atoms with E-state index < -0.39 is 0 Å². The highest BCUT2D eigenvalue weighted by Gasteiger charge is 2.26. The maximum absolute atomic E-state index is 12.9. The molecule has 6 heteroatoms. The van der Waals surface area contributed by atoms with Crippen molar-refractivity contribution >= 4 is 5.91 Å². The molecular formula is C19H23N3O3. The number of nitrogens with zero attached hydrogens (tertiary/aromatic N) is 2. The highest BCUT2D eigenvalue weighted by Crippen LogP contribution is 2.31. The van der Waals surface area contributed by atoms with E-state index in [2.05, 4.69) is 17.1 Å². The molecule has 0 radical (unpaired) electrons. The summed E-state index contributed by atoms with van der Waals surface area (Å²) in [4.78, 5) is 14.9. The number of hydrogen-bond donors (Lipinski definition) is 1. The first-order valence-electron chi connectivity index (χ1n) is 8.88. The van der Waals surface area contributed by atoms with Gasteiger partial charge in [0.15, 0.2) is 11.5 Å². The Bertz CT molecular complexity index is 771. The topological polar surface area (TPSA) is 67.5 Å². The van der Waals surface area contributed by atoms with Crippen LogP contribution in [0.2, 0.25) is 0 Å². The number of amides is 1. The number of piperidine rings is 1. The van der Waals surface area contributed by atoms with Gasteiger partial charge in [-0.25, -0.2) is 0 Å². The summed E-state index contributed by atoms with van der Waals surface area (Å²) < 4.78 is 11.1. The van der Waals surface area contributed by atoms with E-state index in [9.17, 15) is 4.79 Å². The number of ether oxygens (including phenoxy) is 2. The Kier molecular flexibility index (Phi) is 4.34. The van der Waals surface area contributed by atoms with Crippen LogP contribution in [0.15, 0.2) is 24.4 Å². The molecule has 2 aliphatic heterocycles. The molecule has 3 heterocycles. The fourth-order valence-electron chi connectivity index (χ4n) is 3.64. The summed E-state index contributed by atoms with van der Waals surface area (Å²) in [5.74, 6) is 1.92. The van der Waals surface area contributed by atoms with Gasteiger partial charge in [0.05, 0.1) is 6.20 Å². The van der Waals surface area contributed by atoms with E-state index in [0.29, 0.717) is 36.2 Å². The molecule has 1 fully saturated rings. The van der Waals surface area contributed by atoms with E-state index in [1.54, 1.807) is 6.07 Å². The van der Waals surface area contributed by atoms with E-state index in [-0.39, 0.29) is 5.91 Å². The van der Waals surface area contributed by atoms with Gasteiger partial charge in [0.2, 0.25) is 0 Å². The van der Waals surface area contributed by atoms with Crippen LogP contribution in [-0.4, -0.2) is 47.3 Å². The van der Waals surface area contributed by atoms with E-state index in [1.807, 2.05) is 23.2 Å². The van der Waals surface area contributed by atoms with Crippen LogP contribution in [-0.2, 0) is 6.42 Å². The van der Waals surface area contributed by atoms with Crippen molar-refractivity contribution in [3.63, 3.8) is 0 Å². The van der Waals surface area contributed by atoms with Crippen LogP contribution in [0.5, 0.6) is 11.5 Å². The summed E-state index contributed by atoms with van der Waals surface area (Å²) in [6.45, 7) is 4.75. The number of carbonyl (C=O) groups excluding carboxylic acids is 1. The van der Waals surface area contributed by atoms with Gasteiger partial charge in [0, 0.05) is 24.3 Å². The lowest BCUT2D eigenvalue weighted by Crippen LogP contribution is -2.40. The highest BCUT2D eigenvalue weighted by molar-refractivity contribution is 5.95. The third-order valence-corrected chi connectivity index (χ3v) is 5.02. The third-order valence-electron chi connectivity index (χ3n) is 5.02. The van der Waals surface area contributed by atoms with Crippen molar-refractivity contribution in [1.29, 1.82) is 0 Å². The first-order chi connectivity index (χ1) is 12.2. The zero-order valence-corrected chi connectivity index (χ0v) is 14.5. The summed E-state index contributed by atoms with van der Waals surface area (Å²) in [6.07, 6.45) is 4.98. The predicted molar refractivity (Wildman–Crippen MR) is 93.1 cm³/mol.